The molecule has 0 radical (unpaired) electrons. The highest BCUT2D eigenvalue weighted by atomic mass is 16.2. The molecular weight excluding hydrogens is 192 g/mol. The number of carbonyl (C=O) groups is 1. The van der Waals surface area contributed by atoms with Crippen LogP contribution in [0.25, 0.3) is 0 Å². The summed E-state index contributed by atoms with van der Waals surface area (Å²) < 4.78 is 0. The minimum absolute atomic E-state index is 0.0402. The summed E-state index contributed by atoms with van der Waals surface area (Å²) in [6.45, 7) is 3.96. The van der Waals surface area contributed by atoms with E-state index in [-0.39, 0.29) is 6.04 Å². The molecule has 1 rings (SSSR count). The second-order valence-electron chi connectivity index (χ2n) is 4.04. The van der Waals surface area contributed by atoms with Gasteiger partial charge in [-0.25, -0.2) is 0 Å². The van der Waals surface area contributed by atoms with Gasteiger partial charge in [-0.1, -0.05) is 0 Å². The van der Waals surface area contributed by atoms with Crippen molar-refractivity contribution in [2.75, 3.05) is 32.7 Å². The maximum atomic E-state index is 11.3. The van der Waals surface area contributed by atoms with Crippen molar-refractivity contribution in [3.8, 4) is 0 Å². The molecule has 1 heterocycles. The van der Waals surface area contributed by atoms with Gasteiger partial charge in [0.25, 0.3) is 0 Å². The van der Waals surface area contributed by atoms with Crippen molar-refractivity contribution >= 4 is 5.91 Å². The van der Waals surface area contributed by atoms with Gasteiger partial charge in [-0.3, -0.25) is 4.79 Å². The van der Waals surface area contributed by atoms with Gasteiger partial charge in [0, 0.05) is 38.6 Å². The number of hydrogen-bond acceptors (Lipinski definition) is 4. The zero-order valence-corrected chi connectivity index (χ0v) is 9.24. The van der Waals surface area contributed by atoms with Crippen molar-refractivity contribution in [3.63, 3.8) is 0 Å². The lowest BCUT2D eigenvalue weighted by molar-refractivity contribution is -0.127. The zero-order valence-electron chi connectivity index (χ0n) is 9.24. The van der Waals surface area contributed by atoms with Crippen LogP contribution in [-0.2, 0) is 4.79 Å². The molecule has 0 aromatic rings. The molecule has 0 aliphatic carbocycles. The van der Waals surface area contributed by atoms with Crippen molar-refractivity contribution < 1.29 is 4.79 Å². The van der Waals surface area contributed by atoms with E-state index in [1.807, 2.05) is 4.90 Å². The topological polar surface area (TPSA) is 84.4 Å². The monoisotopic (exact) mass is 214 g/mol. The van der Waals surface area contributed by atoms with Crippen LogP contribution in [0.15, 0.2) is 0 Å². The van der Waals surface area contributed by atoms with E-state index in [1.165, 1.54) is 0 Å². The van der Waals surface area contributed by atoms with E-state index in [4.69, 9.17) is 11.5 Å². The summed E-state index contributed by atoms with van der Waals surface area (Å²) >= 11 is 0. The highest BCUT2D eigenvalue weighted by Crippen LogP contribution is 2.09. The Balaban J connectivity index is 1.95. The fourth-order valence-electron chi connectivity index (χ4n) is 1.71. The lowest BCUT2D eigenvalue weighted by atomic mass is 10.3. The molecule has 1 amide bonds. The Hall–Kier alpha value is -0.650. The average molecular weight is 214 g/mol. The van der Waals surface area contributed by atoms with Crippen LogP contribution in [-0.4, -0.2) is 49.6 Å². The van der Waals surface area contributed by atoms with Crippen LogP contribution in [0.4, 0.5) is 0 Å². The Morgan fingerprint density at radius 1 is 1.53 bits per heavy atom. The summed E-state index contributed by atoms with van der Waals surface area (Å²) in [4.78, 5) is 13.2. The highest BCUT2D eigenvalue weighted by Gasteiger charge is 2.18. The van der Waals surface area contributed by atoms with Gasteiger partial charge >= 0.3 is 0 Å². The first-order chi connectivity index (χ1) is 7.24. The summed E-state index contributed by atoms with van der Waals surface area (Å²) in [6, 6.07) is 0.0402. The van der Waals surface area contributed by atoms with Gasteiger partial charge in [-0.05, 0) is 19.4 Å². The quantitative estimate of drug-likeness (QED) is 0.468. The number of likely N-dealkylation sites (tertiary alicyclic amines) is 1. The molecule has 1 saturated heterocycles. The van der Waals surface area contributed by atoms with Gasteiger partial charge in [0.05, 0.1) is 0 Å². The summed E-state index contributed by atoms with van der Waals surface area (Å²) in [5.74, 6) is 0.300. The van der Waals surface area contributed by atoms with Crippen LogP contribution in [0.3, 0.4) is 0 Å². The van der Waals surface area contributed by atoms with Gasteiger partial charge in [0.1, 0.15) is 0 Å². The molecular formula is C10H22N4O. The molecule has 15 heavy (non-hydrogen) atoms. The highest BCUT2D eigenvalue weighted by molar-refractivity contribution is 5.77. The predicted molar refractivity (Wildman–Crippen MR) is 60.3 cm³/mol. The third kappa shape index (κ3) is 4.59. The molecule has 1 atom stereocenters. The number of amides is 1. The summed E-state index contributed by atoms with van der Waals surface area (Å²) in [6.07, 6.45) is 2.73. The summed E-state index contributed by atoms with van der Waals surface area (Å²) in [7, 11) is 0. The second kappa shape index (κ2) is 6.76. The predicted octanol–water partition coefficient (Wildman–Crippen LogP) is -1.13. The van der Waals surface area contributed by atoms with Crippen molar-refractivity contribution in [2.45, 2.75) is 25.3 Å². The Morgan fingerprint density at radius 3 is 2.93 bits per heavy atom. The van der Waals surface area contributed by atoms with E-state index in [0.29, 0.717) is 12.5 Å². The van der Waals surface area contributed by atoms with Gasteiger partial charge in [-0.2, -0.15) is 0 Å². The average Bonchev–Trinajstić information content (AvgIpc) is 2.63. The van der Waals surface area contributed by atoms with Crippen LogP contribution < -0.4 is 16.8 Å². The maximum Gasteiger partial charge on any atom is 0.222 e. The van der Waals surface area contributed by atoms with Gasteiger partial charge in [0.15, 0.2) is 0 Å². The number of rotatable bonds is 7. The molecule has 0 aromatic carbocycles. The van der Waals surface area contributed by atoms with E-state index in [0.717, 1.165) is 45.4 Å². The zero-order chi connectivity index (χ0) is 11.1. The molecule has 0 bridgehead atoms. The molecule has 1 unspecified atom stereocenters. The smallest absolute Gasteiger partial charge is 0.222 e. The van der Waals surface area contributed by atoms with Crippen LogP contribution >= 0.6 is 0 Å². The van der Waals surface area contributed by atoms with Crippen molar-refractivity contribution in [2.24, 2.45) is 11.5 Å². The minimum Gasteiger partial charge on any atom is -0.343 e. The lowest BCUT2D eigenvalue weighted by Gasteiger charge is -2.16. The van der Waals surface area contributed by atoms with E-state index in [9.17, 15) is 4.79 Å². The third-order valence-electron chi connectivity index (χ3n) is 2.66. The number of nitrogens with one attached hydrogen (secondary N) is 1. The number of carbonyl (C=O) groups excluding carboxylic acids is 1. The molecule has 0 spiro atoms. The Bertz CT molecular complexity index is 198. The third-order valence-corrected chi connectivity index (χ3v) is 2.66. The molecule has 0 aromatic heterocycles. The lowest BCUT2D eigenvalue weighted by Crippen LogP contribution is -2.40. The number of nitrogens with zero attached hydrogens (tertiary/aromatic N) is 1. The fraction of sp³-hybridized carbons (Fsp3) is 0.900. The molecule has 0 saturated carbocycles. The Kier molecular flexibility index (Phi) is 5.60. The normalized spacial score (nSPS) is 18.5. The van der Waals surface area contributed by atoms with E-state index in [2.05, 4.69) is 5.32 Å². The van der Waals surface area contributed by atoms with Crippen molar-refractivity contribution in [3.05, 3.63) is 0 Å². The molecule has 5 heteroatoms. The number of nitrogens with two attached hydrogens (primary N) is 2. The van der Waals surface area contributed by atoms with Crippen LogP contribution in [0.1, 0.15) is 19.3 Å². The largest absolute Gasteiger partial charge is 0.343 e. The minimum atomic E-state index is 0.0402. The molecule has 5 nitrogen and oxygen atoms in total. The molecule has 1 aliphatic heterocycles. The first-order valence-corrected chi connectivity index (χ1v) is 5.68. The maximum absolute atomic E-state index is 11.3. The van der Waals surface area contributed by atoms with Crippen LogP contribution in [0.2, 0.25) is 0 Å². The van der Waals surface area contributed by atoms with Crippen molar-refractivity contribution in [1.82, 2.24) is 10.2 Å². The van der Waals surface area contributed by atoms with Crippen molar-refractivity contribution in [1.29, 1.82) is 0 Å². The summed E-state index contributed by atoms with van der Waals surface area (Å²) in [5, 5.41) is 3.23. The Morgan fingerprint density at radius 2 is 2.33 bits per heavy atom. The summed E-state index contributed by atoms with van der Waals surface area (Å²) in [5.41, 5.74) is 11.0. The van der Waals surface area contributed by atoms with E-state index >= 15 is 0 Å². The van der Waals surface area contributed by atoms with E-state index < -0.39 is 0 Å². The SMILES string of the molecule is NCC(N)CNCCCN1CCCC1=O. The first-order valence-electron chi connectivity index (χ1n) is 5.68. The molecule has 1 fully saturated rings. The number of hydrogen-bond donors (Lipinski definition) is 3. The van der Waals surface area contributed by atoms with Gasteiger partial charge in [-0.15, -0.1) is 0 Å². The van der Waals surface area contributed by atoms with Crippen LogP contribution in [0, 0.1) is 0 Å². The molecule has 88 valence electrons. The molecule has 5 N–H and O–H groups in total. The standard InChI is InChI=1S/C10H22N4O/c11-7-9(12)8-13-4-2-6-14-5-1-3-10(14)15/h9,13H,1-8,11-12H2. The molecule has 1 aliphatic rings. The Labute approximate surface area is 91.2 Å². The van der Waals surface area contributed by atoms with Gasteiger partial charge < -0.3 is 21.7 Å². The van der Waals surface area contributed by atoms with E-state index in [1.54, 1.807) is 0 Å². The van der Waals surface area contributed by atoms with Crippen LogP contribution in [0.5, 0.6) is 0 Å². The second-order valence-corrected chi connectivity index (χ2v) is 4.04. The fourth-order valence-corrected chi connectivity index (χ4v) is 1.71. The van der Waals surface area contributed by atoms with Gasteiger partial charge in [0.2, 0.25) is 5.91 Å². The first kappa shape index (κ1) is 12.4.